The summed E-state index contributed by atoms with van der Waals surface area (Å²) in [6.45, 7) is 0. The topological polar surface area (TPSA) is 63.7 Å². The lowest BCUT2D eigenvalue weighted by molar-refractivity contribution is 0.413. The largest absolute Gasteiger partial charge is 0.496 e. The SMILES string of the molecule is COc1cc(F)ccc1-c1cnc2[nH]ncc2n1. The molecule has 6 heteroatoms. The van der Waals surface area contributed by atoms with E-state index in [9.17, 15) is 4.39 Å². The number of ether oxygens (including phenoxy) is 1. The van der Waals surface area contributed by atoms with Gasteiger partial charge in [-0.15, -0.1) is 0 Å². The molecule has 90 valence electrons. The summed E-state index contributed by atoms with van der Waals surface area (Å²) in [5.74, 6) is 0.0695. The zero-order valence-corrected chi connectivity index (χ0v) is 9.51. The lowest BCUT2D eigenvalue weighted by Crippen LogP contribution is -1.92. The minimum Gasteiger partial charge on any atom is -0.496 e. The molecule has 0 radical (unpaired) electrons. The Morgan fingerprint density at radius 2 is 2.17 bits per heavy atom. The van der Waals surface area contributed by atoms with Crippen LogP contribution in [-0.2, 0) is 0 Å². The lowest BCUT2D eigenvalue weighted by atomic mass is 10.1. The number of nitrogens with zero attached hydrogens (tertiary/aromatic N) is 3. The number of nitrogens with one attached hydrogen (secondary N) is 1. The fourth-order valence-electron chi connectivity index (χ4n) is 1.74. The first-order valence-corrected chi connectivity index (χ1v) is 5.28. The Morgan fingerprint density at radius 3 is 3.00 bits per heavy atom. The maximum Gasteiger partial charge on any atom is 0.174 e. The van der Waals surface area contributed by atoms with Crippen molar-refractivity contribution in [2.24, 2.45) is 0 Å². The number of benzene rings is 1. The molecule has 0 saturated heterocycles. The second-order valence-electron chi connectivity index (χ2n) is 3.70. The van der Waals surface area contributed by atoms with Gasteiger partial charge < -0.3 is 4.74 Å². The minimum atomic E-state index is -0.354. The number of aromatic amines is 1. The highest BCUT2D eigenvalue weighted by atomic mass is 19.1. The Morgan fingerprint density at radius 1 is 1.28 bits per heavy atom. The standard InChI is InChI=1S/C12H9FN4O/c1-18-11-4-7(13)2-3-8(11)9-5-14-12-10(16-9)6-15-17-12/h2-6H,1H3,(H,14,15,17). The van der Waals surface area contributed by atoms with Gasteiger partial charge in [-0.05, 0) is 12.1 Å². The van der Waals surface area contributed by atoms with Crippen molar-refractivity contribution in [3.8, 4) is 17.0 Å². The highest BCUT2D eigenvalue weighted by Gasteiger charge is 2.10. The van der Waals surface area contributed by atoms with Crippen LogP contribution in [-0.4, -0.2) is 27.3 Å². The average molecular weight is 244 g/mol. The van der Waals surface area contributed by atoms with E-state index in [4.69, 9.17) is 4.74 Å². The van der Waals surface area contributed by atoms with Crippen molar-refractivity contribution in [2.75, 3.05) is 7.11 Å². The van der Waals surface area contributed by atoms with Gasteiger partial charge in [-0.2, -0.15) is 5.10 Å². The van der Waals surface area contributed by atoms with Crippen LogP contribution in [0.5, 0.6) is 5.75 Å². The molecular formula is C12H9FN4O. The number of rotatable bonds is 2. The van der Waals surface area contributed by atoms with Crippen LogP contribution in [0.4, 0.5) is 4.39 Å². The van der Waals surface area contributed by atoms with Crippen LogP contribution in [0.3, 0.4) is 0 Å². The van der Waals surface area contributed by atoms with Gasteiger partial charge >= 0.3 is 0 Å². The van der Waals surface area contributed by atoms with E-state index in [-0.39, 0.29) is 5.82 Å². The molecule has 0 fully saturated rings. The molecule has 3 aromatic rings. The second-order valence-corrected chi connectivity index (χ2v) is 3.70. The van der Waals surface area contributed by atoms with Crippen LogP contribution < -0.4 is 4.74 Å². The molecule has 3 rings (SSSR count). The summed E-state index contributed by atoms with van der Waals surface area (Å²) < 4.78 is 18.3. The number of halogens is 1. The Kier molecular flexibility index (Phi) is 2.40. The molecule has 0 amide bonds. The molecule has 18 heavy (non-hydrogen) atoms. The molecule has 0 atom stereocenters. The van der Waals surface area contributed by atoms with Crippen molar-refractivity contribution in [2.45, 2.75) is 0 Å². The molecule has 1 N–H and O–H groups in total. The molecule has 0 aliphatic carbocycles. The molecule has 0 bridgehead atoms. The van der Waals surface area contributed by atoms with E-state index in [0.717, 1.165) is 0 Å². The molecule has 0 saturated carbocycles. The summed E-state index contributed by atoms with van der Waals surface area (Å²) in [7, 11) is 1.49. The van der Waals surface area contributed by atoms with Crippen molar-refractivity contribution >= 4 is 11.2 Å². The average Bonchev–Trinajstić information content (AvgIpc) is 2.85. The third kappa shape index (κ3) is 1.67. The summed E-state index contributed by atoms with van der Waals surface area (Å²) in [5.41, 5.74) is 2.56. The number of fused-ring (bicyclic) bond motifs is 1. The highest BCUT2D eigenvalue weighted by Crippen LogP contribution is 2.29. The van der Waals surface area contributed by atoms with E-state index in [0.29, 0.717) is 28.2 Å². The van der Waals surface area contributed by atoms with E-state index in [2.05, 4.69) is 20.2 Å². The third-order valence-corrected chi connectivity index (χ3v) is 2.60. The fraction of sp³-hybridized carbons (Fsp3) is 0.0833. The van der Waals surface area contributed by atoms with Crippen LogP contribution >= 0.6 is 0 Å². The van der Waals surface area contributed by atoms with Crippen molar-refractivity contribution in [3.63, 3.8) is 0 Å². The molecule has 1 aromatic carbocycles. The van der Waals surface area contributed by atoms with Crippen molar-refractivity contribution in [1.82, 2.24) is 20.2 Å². The normalized spacial score (nSPS) is 10.8. The summed E-state index contributed by atoms with van der Waals surface area (Å²) in [5, 5.41) is 6.57. The van der Waals surface area contributed by atoms with Gasteiger partial charge in [0.05, 0.1) is 25.2 Å². The Balaban J connectivity index is 2.18. The molecule has 0 spiro atoms. The number of H-pyrrole nitrogens is 1. The maximum absolute atomic E-state index is 13.1. The minimum absolute atomic E-state index is 0.354. The van der Waals surface area contributed by atoms with Crippen molar-refractivity contribution in [1.29, 1.82) is 0 Å². The van der Waals surface area contributed by atoms with Crippen molar-refractivity contribution < 1.29 is 9.13 Å². The van der Waals surface area contributed by atoms with Gasteiger partial charge in [-0.1, -0.05) is 0 Å². The van der Waals surface area contributed by atoms with Crippen LogP contribution in [0.15, 0.2) is 30.6 Å². The first kappa shape index (κ1) is 10.6. The lowest BCUT2D eigenvalue weighted by Gasteiger charge is -2.07. The Bertz CT molecular complexity index is 710. The van der Waals surface area contributed by atoms with Crippen LogP contribution in [0.2, 0.25) is 0 Å². The van der Waals surface area contributed by atoms with Gasteiger partial charge in [-0.3, -0.25) is 5.10 Å². The Hall–Kier alpha value is -2.50. The van der Waals surface area contributed by atoms with Gasteiger partial charge in [0.15, 0.2) is 5.65 Å². The van der Waals surface area contributed by atoms with Gasteiger partial charge in [0, 0.05) is 11.6 Å². The molecule has 0 aliphatic rings. The van der Waals surface area contributed by atoms with E-state index >= 15 is 0 Å². The molecule has 5 nitrogen and oxygen atoms in total. The predicted molar refractivity (Wildman–Crippen MR) is 63.6 cm³/mol. The van der Waals surface area contributed by atoms with Gasteiger partial charge in [-0.25, -0.2) is 14.4 Å². The summed E-state index contributed by atoms with van der Waals surface area (Å²) in [6, 6.07) is 4.29. The third-order valence-electron chi connectivity index (χ3n) is 2.60. The van der Waals surface area contributed by atoms with Gasteiger partial charge in [0.2, 0.25) is 0 Å². The quantitative estimate of drug-likeness (QED) is 0.750. The Labute approximate surface area is 102 Å². The van der Waals surface area contributed by atoms with Crippen molar-refractivity contribution in [3.05, 3.63) is 36.4 Å². The monoisotopic (exact) mass is 244 g/mol. The summed E-state index contributed by atoms with van der Waals surface area (Å²) in [4.78, 5) is 8.57. The summed E-state index contributed by atoms with van der Waals surface area (Å²) in [6.07, 6.45) is 3.18. The fourth-order valence-corrected chi connectivity index (χ4v) is 1.74. The van der Waals surface area contributed by atoms with Crippen LogP contribution in [0.1, 0.15) is 0 Å². The molecular weight excluding hydrogens is 235 g/mol. The zero-order chi connectivity index (χ0) is 12.5. The van der Waals surface area contributed by atoms with E-state index in [1.807, 2.05) is 0 Å². The number of methoxy groups -OCH3 is 1. The number of aromatic nitrogens is 4. The van der Waals surface area contributed by atoms with Gasteiger partial charge in [0.1, 0.15) is 17.1 Å². The molecule has 2 aromatic heterocycles. The van der Waals surface area contributed by atoms with Crippen LogP contribution in [0, 0.1) is 5.82 Å². The molecule has 0 unspecified atom stereocenters. The summed E-state index contributed by atoms with van der Waals surface area (Å²) >= 11 is 0. The van der Waals surface area contributed by atoms with E-state index < -0.39 is 0 Å². The van der Waals surface area contributed by atoms with Gasteiger partial charge in [0.25, 0.3) is 0 Å². The maximum atomic E-state index is 13.1. The zero-order valence-electron chi connectivity index (χ0n) is 9.51. The highest BCUT2D eigenvalue weighted by molar-refractivity contribution is 5.75. The number of hydrogen-bond donors (Lipinski definition) is 1. The van der Waals surface area contributed by atoms with E-state index in [1.165, 1.54) is 19.2 Å². The smallest absolute Gasteiger partial charge is 0.174 e. The number of hydrogen-bond acceptors (Lipinski definition) is 4. The van der Waals surface area contributed by atoms with E-state index in [1.54, 1.807) is 18.5 Å². The second kappa shape index (κ2) is 4.06. The molecule has 2 heterocycles. The predicted octanol–water partition coefficient (Wildman–Crippen LogP) is 2.17. The first-order chi connectivity index (χ1) is 8.78. The molecule has 0 aliphatic heterocycles. The first-order valence-electron chi connectivity index (χ1n) is 5.28. The van der Waals surface area contributed by atoms with Crippen LogP contribution in [0.25, 0.3) is 22.4 Å².